The van der Waals surface area contributed by atoms with Crippen LogP contribution in [-0.2, 0) is 37.2 Å². The third-order valence-electron chi connectivity index (χ3n) is 5.64. The maximum atomic E-state index is 13.4. The molecule has 0 bridgehead atoms. The molecule has 35 heavy (non-hydrogen) atoms. The first-order chi connectivity index (χ1) is 16.8. The van der Waals surface area contributed by atoms with E-state index >= 15 is 0 Å². The number of hydrogen-bond donors (Lipinski definition) is 2. The topological polar surface area (TPSA) is 135 Å². The van der Waals surface area contributed by atoms with Gasteiger partial charge in [-0.1, -0.05) is 36.4 Å². The van der Waals surface area contributed by atoms with Crippen molar-refractivity contribution in [1.29, 1.82) is 0 Å². The van der Waals surface area contributed by atoms with E-state index in [9.17, 15) is 23.2 Å². The fourth-order valence-corrected chi connectivity index (χ4v) is 5.40. The van der Waals surface area contributed by atoms with Crippen molar-refractivity contribution >= 4 is 21.9 Å². The van der Waals surface area contributed by atoms with Crippen molar-refractivity contribution in [2.24, 2.45) is 0 Å². The zero-order chi connectivity index (χ0) is 25.0. The first kappa shape index (κ1) is 24.3. The van der Waals surface area contributed by atoms with Crippen LogP contribution in [0.1, 0.15) is 22.7 Å². The molecule has 1 aliphatic rings. The summed E-state index contributed by atoms with van der Waals surface area (Å²) in [6, 6.07) is 15.3. The van der Waals surface area contributed by atoms with Crippen molar-refractivity contribution in [3.63, 3.8) is 0 Å². The number of nitrogens with zero attached hydrogens (tertiary/aromatic N) is 2. The minimum Gasteiger partial charge on any atom is -0.469 e. The Morgan fingerprint density at radius 2 is 1.86 bits per heavy atom. The predicted octanol–water partition coefficient (Wildman–Crippen LogP) is 2.38. The van der Waals surface area contributed by atoms with Gasteiger partial charge in [-0.15, -0.1) is 0 Å². The van der Waals surface area contributed by atoms with Gasteiger partial charge in [-0.05, 0) is 41.3 Å². The van der Waals surface area contributed by atoms with Gasteiger partial charge in [-0.3, -0.25) is 14.8 Å². The normalized spacial score (nSPS) is 15.7. The number of carbonyl (C=O) groups is 2. The minimum atomic E-state index is -4.12. The van der Waals surface area contributed by atoms with Gasteiger partial charge in [-0.25, -0.2) is 18.9 Å². The van der Waals surface area contributed by atoms with Crippen LogP contribution in [0.4, 0.5) is 0 Å². The van der Waals surface area contributed by atoms with Crippen LogP contribution in [0.2, 0.25) is 0 Å². The van der Waals surface area contributed by atoms with Gasteiger partial charge >= 0.3 is 5.97 Å². The summed E-state index contributed by atoms with van der Waals surface area (Å²) in [5, 5.41) is 9.24. The molecular weight excluding hydrogens is 474 g/mol. The van der Waals surface area contributed by atoms with Crippen molar-refractivity contribution < 1.29 is 32.7 Å². The Hall–Kier alpha value is -3.80. The fraction of sp³-hybridized carbons (Fsp3) is 0.208. The Balaban J connectivity index is 1.53. The lowest BCUT2D eigenvalue weighted by atomic mass is 9.94. The smallest absolute Gasteiger partial charge is 0.309 e. The summed E-state index contributed by atoms with van der Waals surface area (Å²) in [6.07, 6.45) is 1.72. The van der Waals surface area contributed by atoms with E-state index in [2.05, 4.69) is 9.72 Å². The van der Waals surface area contributed by atoms with Gasteiger partial charge in [0.25, 0.3) is 5.91 Å². The van der Waals surface area contributed by atoms with Gasteiger partial charge in [0.1, 0.15) is 16.7 Å². The number of carbonyl (C=O) groups excluding carboxylic acids is 2. The molecule has 4 rings (SSSR count). The second-order valence-electron chi connectivity index (χ2n) is 7.77. The number of fused-ring (bicyclic) bond motifs is 1. The lowest BCUT2D eigenvalue weighted by molar-refractivity contribution is -0.139. The largest absolute Gasteiger partial charge is 0.469 e. The van der Waals surface area contributed by atoms with Gasteiger partial charge in [-0.2, -0.15) is 4.31 Å². The monoisotopic (exact) mass is 497 g/mol. The zero-order valence-corrected chi connectivity index (χ0v) is 19.6. The number of nitrogens with one attached hydrogen (secondary N) is 1. The van der Waals surface area contributed by atoms with Gasteiger partial charge in [0.15, 0.2) is 0 Å². The molecule has 2 aromatic carbocycles. The van der Waals surface area contributed by atoms with E-state index < -0.39 is 22.0 Å². The number of ether oxygens (including phenoxy) is 2. The van der Waals surface area contributed by atoms with E-state index in [1.807, 2.05) is 12.1 Å². The lowest BCUT2D eigenvalue weighted by Crippen LogP contribution is -2.46. The van der Waals surface area contributed by atoms with Crippen LogP contribution in [-0.4, -0.2) is 48.4 Å². The van der Waals surface area contributed by atoms with E-state index in [0.29, 0.717) is 17.7 Å². The molecule has 0 radical (unpaired) electrons. The molecule has 10 nitrogen and oxygen atoms in total. The molecule has 0 aliphatic carbocycles. The Bertz CT molecular complexity index is 1330. The van der Waals surface area contributed by atoms with Crippen LogP contribution in [0.25, 0.3) is 0 Å². The average molecular weight is 498 g/mol. The SMILES string of the molecule is COC(=O)Cc1ccc(Oc2ccc(S(=O)(=O)N3CCc4ccccc4C3C(=O)NO)cn2)cc1. The number of aromatic nitrogens is 1. The second-order valence-corrected chi connectivity index (χ2v) is 9.66. The molecule has 2 heterocycles. The van der Waals surface area contributed by atoms with Crippen molar-refractivity contribution in [3.8, 4) is 11.6 Å². The van der Waals surface area contributed by atoms with E-state index in [4.69, 9.17) is 4.74 Å². The van der Waals surface area contributed by atoms with Crippen LogP contribution < -0.4 is 10.2 Å². The predicted molar refractivity (Wildman–Crippen MR) is 123 cm³/mol. The van der Waals surface area contributed by atoms with Crippen LogP contribution in [0.3, 0.4) is 0 Å². The zero-order valence-electron chi connectivity index (χ0n) is 18.7. The summed E-state index contributed by atoms with van der Waals surface area (Å²) in [4.78, 5) is 27.8. The molecule has 1 amide bonds. The Morgan fingerprint density at radius 3 is 2.51 bits per heavy atom. The first-order valence-corrected chi connectivity index (χ1v) is 12.1. The molecule has 1 aliphatic heterocycles. The van der Waals surface area contributed by atoms with E-state index in [0.717, 1.165) is 21.6 Å². The molecule has 1 aromatic heterocycles. The van der Waals surface area contributed by atoms with Crippen molar-refractivity contribution in [2.75, 3.05) is 13.7 Å². The number of pyridine rings is 1. The highest BCUT2D eigenvalue weighted by atomic mass is 32.2. The molecule has 1 unspecified atom stereocenters. The summed E-state index contributed by atoms with van der Waals surface area (Å²) < 4.78 is 38.1. The van der Waals surface area contributed by atoms with Crippen molar-refractivity contribution in [1.82, 2.24) is 14.8 Å². The van der Waals surface area contributed by atoms with Gasteiger partial charge in [0.05, 0.1) is 19.7 Å². The number of esters is 1. The summed E-state index contributed by atoms with van der Waals surface area (Å²) >= 11 is 0. The van der Waals surface area contributed by atoms with E-state index in [1.165, 1.54) is 19.2 Å². The molecule has 0 spiro atoms. The van der Waals surface area contributed by atoms with Crippen LogP contribution in [0.15, 0.2) is 71.8 Å². The number of benzene rings is 2. The minimum absolute atomic E-state index is 0.0631. The number of hydroxylamine groups is 1. The molecule has 0 fully saturated rings. The Kier molecular flexibility index (Phi) is 7.10. The van der Waals surface area contributed by atoms with Crippen LogP contribution >= 0.6 is 0 Å². The number of hydrogen-bond acceptors (Lipinski definition) is 8. The molecule has 0 saturated carbocycles. The maximum absolute atomic E-state index is 13.4. The molecule has 0 saturated heterocycles. The molecule has 3 aromatic rings. The van der Waals surface area contributed by atoms with E-state index in [-0.39, 0.29) is 29.7 Å². The highest BCUT2D eigenvalue weighted by molar-refractivity contribution is 7.89. The number of amides is 1. The summed E-state index contributed by atoms with van der Waals surface area (Å²) in [7, 11) is -2.80. The van der Waals surface area contributed by atoms with Gasteiger partial charge in [0.2, 0.25) is 15.9 Å². The van der Waals surface area contributed by atoms with E-state index in [1.54, 1.807) is 41.9 Å². The summed E-state index contributed by atoms with van der Waals surface area (Å²) in [6.45, 7) is 0.0631. The van der Waals surface area contributed by atoms with Crippen molar-refractivity contribution in [3.05, 3.63) is 83.6 Å². The Morgan fingerprint density at radius 1 is 1.11 bits per heavy atom. The second kappa shape index (κ2) is 10.2. The average Bonchev–Trinajstić information content (AvgIpc) is 2.88. The fourth-order valence-electron chi connectivity index (χ4n) is 3.89. The highest BCUT2D eigenvalue weighted by Gasteiger charge is 2.40. The number of rotatable bonds is 7. The standard InChI is InChI=1S/C24H23N3O7S/c1-33-22(28)14-16-6-8-18(9-7-16)34-21-11-10-19(15-25-21)35(31,32)27-13-12-17-4-2-3-5-20(17)23(27)24(29)26-30/h2-11,15,23,30H,12-14H2,1H3,(H,26,29). The highest BCUT2D eigenvalue weighted by Crippen LogP contribution is 2.34. The van der Waals surface area contributed by atoms with Crippen LogP contribution in [0, 0.1) is 0 Å². The van der Waals surface area contributed by atoms with Gasteiger partial charge < -0.3 is 9.47 Å². The molecular formula is C24H23N3O7S. The molecule has 11 heteroatoms. The Labute approximate surface area is 202 Å². The third kappa shape index (κ3) is 5.16. The number of methoxy groups -OCH3 is 1. The van der Waals surface area contributed by atoms with Crippen molar-refractivity contribution in [2.45, 2.75) is 23.8 Å². The van der Waals surface area contributed by atoms with Gasteiger partial charge in [0, 0.05) is 12.6 Å². The first-order valence-electron chi connectivity index (χ1n) is 10.7. The van der Waals surface area contributed by atoms with Crippen LogP contribution in [0.5, 0.6) is 11.6 Å². The molecule has 1 atom stereocenters. The third-order valence-corrected chi connectivity index (χ3v) is 7.48. The molecule has 2 N–H and O–H groups in total. The maximum Gasteiger partial charge on any atom is 0.309 e. The quantitative estimate of drug-likeness (QED) is 0.289. The summed E-state index contributed by atoms with van der Waals surface area (Å²) in [5.74, 6) is -0.579. The summed E-state index contributed by atoms with van der Waals surface area (Å²) in [5.41, 5.74) is 3.68. The molecule has 182 valence electrons. The number of sulfonamides is 1. The lowest BCUT2D eigenvalue weighted by Gasteiger charge is -2.34.